The van der Waals surface area contributed by atoms with E-state index in [1.807, 2.05) is 54.6 Å². The highest BCUT2D eigenvalue weighted by molar-refractivity contribution is 5.83. The molecule has 0 saturated carbocycles. The Morgan fingerprint density at radius 3 is 2.33 bits per heavy atom. The molecular weight excluding hydrogens is 342 g/mol. The summed E-state index contributed by atoms with van der Waals surface area (Å²) in [4.78, 5) is 24.1. The van der Waals surface area contributed by atoms with E-state index in [4.69, 9.17) is 9.15 Å². The van der Waals surface area contributed by atoms with Crippen LogP contribution in [0.4, 0.5) is 0 Å². The molecule has 0 bridgehead atoms. The van der Waals surface area contributed by atoms with Gasteiger partial charge in [0, 0.05) is 0 Å². The van der Waals surface area contributed by atoms with Crippen LogP contribution in [0, 0.1) is 0 Å². The molecule has 0 aliphatic carbocycles. The molecule has 5 nitrogen and oxygen atoms in total. The van der Waals surface area contributed by atoms with Gasteiger partial charge in [-0.3, -0.25) is 9.59 Å². The molecule has 1 aromatic heterocycles. The lowest BCUT2D eigenvalue weighted by atomic mass is 10.0. The summed E-state index contributed by atoms with van der Waals surface area (Å²) in [6, 6.07) is 21.2. The number of carbonyl (C=O) groups excluding carboxylic acids is 2. The van der Waals surface area contributed by atoms with Crippen LogP contribution < -0.4 is 5.32 Å². The largest absolute Gasteiger partial charge is 0.467 e. The van der Waals surface area contributed by atoms with Crippen molar-refractivity contribution in [1.29, 1.82) is 0 Å². The molecular formula is C22H21NO4. The molecule has 0 spiro atoms. The molecule has 3 aromatic rings. The van der Waals surface area contributed by atoms with Gasteiger partial charge in [0.05, 0.1) is 19.2 Å². The van der Waals surface area contributed by atoms with Crippen LogP contribution in [0.3, 0.4) is 0 Å². The number of hydrogen-bond acceptors (Lipinski definition) is 4. The predicted octanol–water partition coefficient (Wildman–Crippen LogP) is 3.74. The van der Waals surface area contributed by atoms with Gasteiger partial charge >= 0.3 is 5.97 Å². The quantitative estimate of drug-likeness (QED) is 0.650. The fourth-order valence-corrected chi connectivity index (χ4v) is 2.64. The number of carbonyl (C=O) groups is 2. The summed E-state index contributed by atoms with van der Waals surface area (Å²) in [7, 11) is 0. The van der Waals surface area contributed by atoms with Gasteiger partial charge in [0.1, 0.15) is 5.76 Å². The predicted molar refractivity (Wildman–Crippen MR) is 102 cm³/mol. The van der Waals surface area contributed by atoms with Crippen molar-refractivity contribution in [2.75, 3.05) is 0 Å². The Labute approximate surface area is 158 Å². The average Bonchev–Trinajstić information content (AvgIpc) is 3.21. The van der Waals surface area contributed by atoms with Crippen LogP contribution in [-0.2, 0) is 27.3 Å². The van der Waals surface area contributed by atoms with Gasteiger partial charge in [-0.05, 0) is 35.7 Å². The number of furan rings is 1. The minimum absolute atomic E-state index is 0.116. The smallest absolute Gasteiger partial charge is 0.311 e. The molecule has 5 heteroatoms. The van der Waals surface area contributed by atoms with Gasteiger partial charge in [0.15, 0.2) is 6.10 Å². The molecule has 27 heavy (non-hydrogen) atoms. The van der Waals surface area contributed by atoms with E-state index in [2.05, 4.69) is 5.32 Å². The van der Waals surface area contributed by atoms with Crippen LogP contribution in [0.1, 0.15) is 18.2 Å². The molecule has 0 radical (unpaired) electrons. The van der Waals surface area contributed by atoms with E-state index in [1.54, 1.807) is 19.1 Å². The van der Waals surface area contributed by atoms with Crippen molar-refractivity contribution in [3.8, 4) is 11.1 Å². The van der Waals surface area contributed by atoms with Crippen molar-refractivity contribution in [2.45, 2.75) is 26.0 Å². The van der Waals surface area contributed by atoms with Gasteiger partial charge < -0.3 is 14.5 Å². The van der Waals surface area contributed by atoms with Gasteiger partial charge in [-0.15, -0.1) is 0 Å². The van der Waals surface area contributed by atoms with Crippen molar-refractivity contribution < 1.29 is 18.7 Å². The molecule has 1 atom stereocenters. The number of benzene rings is 2. The fourth-order valence-electron chi connectivity index (χ4n) is 2.64. The minimum atomic E-state index is -0.865. The van der Waals surface area contributed by atoms with Crippen molar-refractivity contribution in [1.82, 2.24) is 5.32 Å². The lowest BCUT2D eigenvalue weighted by Crippen LogP contribution is -2.35. The lowest BCUT2D eigenvalue weighted by Gasteiger charge is -2.13. The van der Waals surface area contributed by atoms with E-state index in [9.17, 15) is 9.59 Å². The third-order valence-corrected chi connectivity index (χ3v) is 4.10. The number of nitrogens with one attached hydrogen (secondary N) is 1. The molecule has 0 saturated heterocycles. The summed E-state index contributed by atoms with van der Waals surface area (Å²) < 4.78 is 10.4. The maximum atomic E-state index is 12.1. The maximum absolute atomic E-state index is 12.1. The highest BCUT2D eigenvalue weighted by Gasteiger charge is 2.18. The highest BCUT2D eigenvalue weighted by atomic mass is 16.5. The van der Waals surface area contributed by atoms with Crippen LogP contribution in [-0.4, -0.2) is 18.0 Å². The van der Waals surface area contributed by atoms with Crippen LogP contribution in [0.2, 0.25) is 0 Å². The summed E-state index contributed by atoms with van der Waals surface area (Å²) in [6.45, 7) is 1.81. The fraction of sp³-hybridized carbons (Fsp3) is 0.182. The first-order chi connectivity index (χ1) is 13.1. The van der Waals surface area contributed by atoms with E-state index < -0.39 is 12.1 Å². The zero-order valence-electron chi connectivity index (χ0n) is 15.1. The average molecular weight is 363 g/mol. The Kier molecular flexibility index (Phi) is 6.05. The number of rotatable bonds is 7. The number of esters is 1. The summed E-state index contributed by atoms with van der Waals surface area (Å²) in [5.41, 5.74) is 3.04. The zero-order chi connectivity index (χ0) is 19.1. The van der Waals surface area contributed by atoms with Crippen LogP contribution in [0.5, 0.6) is 0 Å². The zero-order valence-corrected chi connectivity index (χ0v) is 15.1. The highest BCUT2D eigenvalue weighted by Crippen LogP contribution is 2.19. The molecule has 0 unspecified atom stereocenters. The molecule has 138 valence electrons. The molecule has 1 heterocycles. The third kappa shape index (κ3) is 5.31. The Bertz CT molecular complexity index is 870. The summed E-state index contributed by atoms with van der Waals surface area (Å²) in [5, 5.41) is 2.67. The van der Waals surface area contributed by atoms with E-state index in [0.29, 0.717) is 5.76 Å². The summed E-state index contributed by atoms with van der Waals surface area (Å²) >= 11 is 0. The number of amides is 1. The second-order valence-corrected chi connectivity index (χ2v) is 6.17. The van der Waals surface area contributed by atoms with Crippen LogP contribution >= 0.6 is 0 Å². The number of hydrogen-bond donors (Lipinski definition) is 1. The Balaban J connectivity index is 1.49. The molecule has 1 N–H and O–H groups in total. The molecule has 1 amide bonds. The van der Waals surface area contributed by atoms with Crippen LogP contribution in [0.15, 0.2) is 77.4 Å². The van der Waals surface area contributed by atoms with Gasteiger partial charge in [0.2, 0.25) is 0 Å². The SMILES string of the molecule is C[C@@H](OC(=O)Cc1ccc(-c2ccccc2)cc1)C(=O)NCc1ccco1. The van der Waals surface area contributed by atoms with Gasteiger partial charge in [-0.25, -0.2) is 0 Å². The normalized spacial score (nSPS) is 11.6. The van der Waals surface area contributed by atoms with Crippen LogP contribution in [0.25, 0.3) is 11.1 Å². The van der Waals surface area contributed by atoms with Gasteiger partial charge in [-0.2, -0.15) is 0 Å². The van der Waals surface area contributed by atoms with Crippen molar-refractivity contribution >= 4 is 11.9 Å². The topological polar surface area (TPSA) is 68.5 Å². The molecule has 0 aliphatic rings. The Morgan fingerprint density at radius 1 is 0.963 bits per heavy atom. The van der Waals surface area contributed by atoms with E-state index in [1.165, 1.54) is 6.26 Å². The third-order valence-electron chi connectivity index (χ3n) is 4.10. The second-order valence-electron chi connectivity index (χ2n) is 6.17. The van der Waals surface area contributed by atoms with Crippen molar-refractivity contribution in [3.63, 3.8) is 0 Å². The monoisotopic (exact) mass is 363 g/mol. The Morgan fingerprint density at radius 2 is 1.67 bits per heavy atom. The first-order valence-corrected chi connectivity index (χ1v) is 8.76. The molecule has 3 rings (SSSR count). The number of ether oxygens (including phenoxy) is 1. The summed E-state index contributed by atoms with van der Waals surface area (Å²) in [6.07, 6.45) is 0.787. The standard InChI is InChI=1S/C22H21NO4/c1-16(22(25)23-15-20-8-5-13-26-20)27-21(24)14-17-9-11-19(12-10-17)18-6-3-2-4-7-18/h2-13,16H,14-15H2,1H3,(H,23,25)/t16-/m1/s1. The lowest BCUT2D eigenvalue weighted by molar-refractivity contribution is -0.154. The van der Waals surface area contributed by atoms with E-state index >= 15 is 0 Å². The van der Waals surface area contributed by atoms with Crippen molar-refractivity contribution in [3.05, 3.63) is 84.3 Å². The second kappa shape index (κ2) is 8.85. The van der Waals surface area contributed by atoms with Gasteiger partial charge in [0.25, 0.3) is 5.91 Å². The molecule has 0 fully saturated rings. The van der Waals surface area contributed by atoms with Gasteiger partial charge in [-0.1, -0.05) is 54.6 Å². The van der Waals surface area contributed by atoms with Crippen molar-refractivity contribution in [2.24, 2.45) is 0 Å². The maximum Gasteiger partial charge on any atom is 0.311 e. The molecule has 2 aromatic carbocycles. The first kappa shape index (κ1) is 18.5. The summed E-state index contributed by atoms with van der Waals surface area (Å²) in [5.74, 6) is -0.164. The van der Waals surface area contributed by atoms with E-state index in [-0.39, 0.29) is 18.9 Å². The minimum Gasteiger partial charge on any atom is -0.467 e. The molecule has 0 aliphatic heterocycles. The Hall–Kier alpha value is -3.34. The first-order valence-electron chi connectivity index (χ1n) is 8.76. The van der Waals surface area contributed by atoms with E-state index in [0.717, 1.165) is 16.7 Å².